The van der Waals surface area contributed by atoms with Crippen molar-refractivity contribution in [3.63, 3.8) is 0 Å². The monoisotopic (exact) mass is 329 g/mol. The first-order valence-corrected chi connectivity index (χ1v) is 8.24. The summed E-state index contributed by atoms with van der Waals surface area (Å²) in [5, 5.41) is 9.60. The summed E-state index contributed by atoms with van der Waals surface area (Å²) in [5.41, 5.74) is 0.222. The van der Waals surface area contributed by atoms with Gasteiger partial charge in [-0.1, -0.05) is 18.5 Å². The number of aryl methyl sites for hydroxylation is 2. The average Bonchev–Trinajstić information content (AvgIpc) is 2.77. The average molecular weight is 330 g/mol. The van der Waals surface area contributed by atoms with Crippen molar-refractivity contribution < 1.29 is 13.5 Å². The van der Waals surface area contributed by atoms with E-state index < -0.39 is 10.0 Å². The van der Waals surface area contributed by atoms with Gasteiger partial charge >= 0.3 is 0 Å². The van der Waals surface area contributed by atoms with E-state index in [1.54, 1.807) is 11.5 Å². The van der Waals surface area contributed by atoms with Crippen molar-refractivity contribution in [3.8, 4) is 5.75 Å². The molecule has 8 heteroatoms. The number of aromatic hydroxyl groups is 1. The summed E-state index contributed by atoms with van der Waals surface area (Å²) in [6.45, 7) is 4.46. The highest BCUT2D eigenvalue weighted by molar-refractivity contribution is 7.92. The van der Waals surface area contributed by atoms with E-state index in [0.717, 1.165) is 6.42 Å². The van der Waals surface area contributed by atoms with E-state index >= 15 is 0 Å². The summed E-state index contributed by atoms with van der Waals surface area (Å²) in [6, 6.07) is 4.13. The summed E-state index contributed by atoms with van der Waals surface area (Å²) in [6.07, 6.45) is 2.38. The molecule has 0 fully saturated rings. The van der Waals surface area contributed by atoms with Crippen molar-refractivity contribution >= 4 is 27.3 Å². The van der Waals surface area contributed by atoms with Crippen LogP contribution in [0.1, 0.15) is 19.2 Å². The minimum atomic E-state index is -3.80. The minimum absolute atomic E-state index is 0.0529. The van der Waals surface area contributed by atoms with Crippen molar-refractivity contribution in [3.05, 3.63) is 35.2 Å². The summed E-state index contributed by atoms with van der Waals surface area (Å²) >= 11 is 5.68. The van der Waals surface area contributed by atoms with Crippen molar-refractivity contribution in [2.75, 3.05) is 4.72 Å². The molecule has 1 aromatic heterocycles. The lowest BCUT2D eigenvalue weighted by atomic mass is 10.3. The number of nitrogens with one attached hydrogen (secondary N) is 1. The standard InChI is InChI=1S/C13H16ClN3O3S/c1-3-6-17-8-13(15-9(17)2)21(19,20)16-10-4-5-11(14)12(18)7-10/h4-5,7-8,16,18H,3,6H2,1-2H3. The molecule has 0 saturated carbocycles. The number of sulfonamides is 1. The Hall–Kier alpha value is -1.73. The molecular weight excluding hydrogens is 314 g/mol. The number of hydrogen-bond donors (Lipinski definition) is 2. The molecule has 0 bridgehead atoms. The van der Waals surface area contributed by atoms with Gasteiger partial charge in [-0.3, -0.25) is 4.72 Å². The van der Waals surface area contributed by atoms with Crippen LogP contribution in [0.3, 0.4) is 0 Å². The first-order chi connectivity index (χ1) is 9.83. The number of hydrogen-bond acceptors (Lipinski definition) is 4. The predicted molar refractivity (Wildman–Crippen MR) is 81.2 cm³/mol. The number of rotatable bonds is 5. The first kappa shape index (κ1) is 15.7. The normalized spacial score (nSPS) is 11.6. The number of aromatic nitrogens is 2. The Balaban J connectivity index is 2.29. The zero-order chi connectivity index (χ0) is 15.6. The molecule has 0 radical (unpaired) electrons. The lowest BCUT2D eigenvalue weighted by Gasteiger charge is -2.06. The van der Waals surface area contributed by atoms with Crippen molar-refractivity contribution in [1.82, 2.24) is 9.55 Å². The molecule has 2 rings (SSSR count). The molecule has 0 aliphatic heterocycles. The summed E-state index contributed by atoms with van der Waals surface area (Å²) in [4.78, 5) is 4.06. The number of anilines is 1. The van der Waals surface area contributed by atoms with Gasteiger partial charge in [0.15, 0.2) is 5.03 Å². The van der Waals surface area contributed by atoms with Gasteiger partial charge < -0.3 is 9.67 Å². The van der Waals surface area contributed by atoms with E-state index in [1.165, 1.54) is 24.4 Å². The van der Waals surface area contributed by atoms with Crippen LogP contribution in [-0.2, 0) is 16.6 Å². The lowest BCUT2D eigenvalue weighted by molar-refractivity contribution is 0.476. The minimum Gasteiger partial charge on any atom is -0.506 e. The van der Waals surface area contributed by atoms with Crippen molar-refractivity contribution in [1.29, 1.82) is 0 Å². The summed E-state index contributed by atoms with van der Waals surface area (Å²) in [7, 11) is -3.80. The van der Waals surface area contributed by atoms with Gasteiger partial charge in [-0.25, -0.2) is 4.98 Å². The summed E-state index contributed by atoms with van der Waals surface area (Å²) in [5.74, 6) is 0.445. The van der Waals surface area contributed by atoms with Crippen LogP contribution in [-0.4, -0.2) is 23.1 Å². The molecular formula is C13H16ClN3O3S. The van der Waals surface area contributed by atoms with Gasteiger partial charge in [-0.15, -0.1) is 0 Å². The first-order valence-electron chi connectivity index (χ1n) is 6.38. The Morgan fingerprint density at radius 2 is 2.14 bits per heavy atom. The highest BCUT2D eigenvalue weighted by Crippen LogP contribution is 2.27. The fraction of sp³-hybridized carbons (Fsp3) is 0.308. The van der Waals surface area contributed by atoms with Crippen LogP contribution >= 0.6 is 11.6 Å². The molecule has 1 aromatic carbocycles. The Labute approximate surface area is 128 Å². The molecule has 6 nitrogen and oxygen atoms in total. The van der Waals surface area contributed by atoms with Gasteiger partial charge in [0.1, 0.15) is 11.6 Å². The highest BCUT2D eigenvalue weighted by atomic mass is 35.5. The number of phenolic OH excluding ortho intramolecular Hbond substituents is 1. The van der Waals surface area contributed by atoms with Crippen LogP contribution in [0.5, 0.6) is 5.75 Å². The highest BCUT2D eigenvalue weighted by Gasteiger charge is 2.19. The third kappa shape index (κ3) is 3.48. The molecule has 0 saturated heterocycles. The van der Waals surface area contributed by atoms with Crippen LogP contribution in [0, 0.1) is 6.92 Å². The maximum Gasteiger partial charge on any atom is 0.280 e. The van der Waals surface area contributed by atoms with Crippen LogP contribution in [0.4, 0.5) is 5.69 Å². The molecule has 21 heavy (non-hydrogen) atoms. The molecule has 1 heterocycles. The number of benzene rings is 1. The van der Waals surface area contributed by atoms with Gasteiger partial charge in [0, 0.05) is 18.8 Å². The van der Waals surface area contributed by atoms with Crippen LogP contribution in [0.25, 0.3) is 0 Å². The molecule has 0 atom stereocenters. The Morgan fingerprint density at radius 3 is 2.76 bits per heavy atom. The second-order valence-corrected chi connectivity index (χ2v) is 6.63. The van der Waals surface area contributed by atoms with E-state index in [0.29, 0.717) is 12.4 Å². The molecule has 114 valence electrons. The fourth-order valence-corrected chi connectivity index (χ4v) is 3.04. The number of nitrogens with zero attached hydrogens (tertiary/aromatic N) is 2. The van der Waals surface area contributed by atoms with E-state index in [1.807, 2.05) is 6.92 Å². The summed E-state index contributed by atoms with van der Waals surface area (Å²) < 4.78 is 28.7. The maximum absolute atomic E-state index is 12.3. The van der Waals surface area contributed by atoms with Crippen LogP contribution in [0.2, 0.25) is 5.02 Å². The third-order valence-corrected chi connectivity index (χ3v) is 4.46. The second kappa shape index (κ2) is 5.95. The topological polar surface area (TPSA) is 84.2 Å². The van der Waals surface area contributed by atoms with Crippen molar-refractivity contribution in [2.24, 2.45) is 0 Å². The largest absolute Gasteiger partial charge is 0.506 e. The number of halogens is 1. The van der Waals surface area contributed by atoms with Gasteiger partial charge in [0.05, 0.1) is 10.7 Å². The third-order valence-electron chi connectivity index (χ3n) is 2.89. The molecule has 2 N–H and O–H groups in total. The van der Waals surface area contributed by atoms with E-state index in [4.69, 9.17) is 11.6 Å². The van der Waals surface area contributed by atoms with Gasteiger partial charge in [0.25, 0.3) is 10.0 Å². The van der Waals surface area contributed by atoms with Crippen molar-refractivity contribution in [2.45, 2.75) is 31.8 Å². The number of phenols is 1. The zero-order valence-electron chi connectivity index (χ0n) is 11.7. The molecule has 0 aliphatic carbocycles. The second-order valence-electron chi connectivity index (χ2n) is 4.59. The zero-order valence-corrected chi connectivity index (χ0v) is 13.2. The maximum atomic E-state index is 12.3. The van der Waals surface area contributed by atoms with Gasteiger partial charge in [-0.05, 0) is 25.5 Å². The molecule has 0 unspecified atom stereocenters. The van der Waals surface area contributed by atoms with Gasteiger partial charge in [0.2, 0.25) is 0 Å². The lowest BCUT2D eigenvalue weighted by Crippen LogP contribution is -2.13. The van der Waals surface area contributed by atoms with Crippen LogP contribution < -0.4 is 4.72 Å². The molecule has 0 aliphatic rings. The Morgan fingerprint density at radius 1 is 1.43 bits per heavy atom. The predicted octanol–water partition coefficient (Wildman–Crippen LogP) is 2.76. The fourth-order valence-electron chi connectivity index (χ4n) is 1.86. The van der Waals surface area contributed by atoms with E-state index in [-0.39, 0.29) is 21.5 Å². The van der Waals surface area contributed by atoms with Crippen LogP contribution in [0.15, 0.2) is 29.4 Å². The molecule has 2 aromatic rings. The van der Waals surface area contributed by atoms with Gasteiger partial charge in [-0.2, -0.15) is 8.42 Å². The SMILES string of the molecule is CCCn1cc(S(=O)(=O)Nc2ccc(Cl)c(O)c2)nc1C. The van der Waals surface area contributed by atoms with E-state index in [9.17, 15) is 13.5 Å². The smallest absolute Gasteiger partial charge is 0.280 e. The van der Waals surface area contributed by atoms with E-state index in [2.05, 4.69) is 9.71 Å². The number of imidazole rings is 1. The molecule has 0 amide bonds. The Kier molecular flexibility index (Phi) is 4.43. The quantitative estimate of drug-likeness (QED) is 0.883. The molecule has 0 spiro atoms. The Bertz CT molecular complexity index is 756.